The monoisotopic (exact) mass is 322 g/mol. The third-order valence-electron chi connectivity index (χ3n) is 3.74. The molecular formula is C19H18N2O3. The molecule has 5 heteroatoms. The van der Waals surface area contributed by atoms with Crippen molar-refractivity contribution in [1.82, 2.24) is 10.3 Å². The summed E-state index contributed by atoms with van der Waals surface area (Å²) in [6.45, 7) is 0.476. The van der Waals surface area contributed by atoms with Crippen LogP contribution in [0, 0.1) is 0 Å². The van der Waals surface area contributed by atoms with Crippen molar-refractivity contribution >= 4 is 16.8 Å². The average Bonchev–Trinajstić information content (AvgIpc) is 2.65. The Morgan fingerprint density at radius 2 is 1.75 bits per heavy atom. The lowest BCUT2D eigenvalue weighted by Gasteiger charge is -2.10. The molecule has 0 saturated heterocycles. The number of hydrogen-bond donors (Lipinski definition) is 1. The fraction of sp³-hybridized carbons (Fsp3) is 0.158. The van der Waals surface area contributed by atoms with Gasteiger partial charge in [-0.15, -0.1) is 0 Å². The summed E-state index contributed by atoms with van der Waals surface area (Å²) in [5, 5.41) is 3.72. The predicted molar refractivity (Wildman–Crippen MR) is 92.5 cm³/mol. The number of ether oxygens (including phenoxy) is 2. The van der Waals surface area contributed by atoms with E-state index in [1.165, 1.54) is 0 Å². The van der Waals surface area contributed by atoms with Gasteiger partial charge in [-0.3, -0.25) is 9.78 Å². The lowest BCUT2D eigenvalue weighted by molar-refractivity contribution is 0.0950. The molecule has 3 rings (SSSR count). The third kappa shape index (κ3) is 3.30. The smallest absolute Gasteiger partial charge is 0.253 e. The number of carbonyl (C=O) groups is 1. The van der Waals surface area contributed by atoms with Crippen LogP contribution in [0.1, 0.15) is 15.9 Å². The van der Waals surface area contributed by atoms with Gasteiger partial charge in [0.1, 0.15) is 0 Å². The summed E-state index contributed by atoms with van der Waals surface area (Å²) in [6.07, 6.45) is 1.56. The van der Waals surface area contributed by atoms with Crippen LogP contribution in [0.25, 0.3) is 10.9 Å². The van der Waals surface area contributed by atoms with Gasteiger partial charge in [-0.25, -0.2) is 0 Å². The predicted octanol–water partition coefficient (Wildman–Crippen LogP) is 3.18. The van der Waals surface area contributed by atoms with Crippen LogP contribution < -0.4 is 14.8 Å². The van der Waals surface area contributed by atoms with Crippen LogP contribution in [0.3, 0.4) is 0 Å². The summed E-state index contributed by atoms with van der Waals surface area (Å²) in [6, 6.07) is 15.2. The van der Waals surface area contributed by atoms with Gasteiger partial charge in [-0.1, -0.05) is 30.3 Å². The van der Waals surface area contributed by atoms with E-state index in [0.29, 0.717) is 23.6 Å². The van der Waals surface area contributed by atoms with Gasteiger partial charge in [0, 0.05) is 24.2 Å². The zero-order chi connectivity index (χ0) is 16.9. The van der Waals surface area contributed by atoms with Gasteiger partial charge in [0.15, 0.2) is 11.5 Å². The molecule has 1 heterocycles. The quantitative estimate of drug-likeness (QED) is 0.784. The van der Waals surface area contributed by atoms with Gasteiger partial charge >= 0.3 is 0 Å². The zero-order valence-corrected chi connectivity index (χ0v) is 13.6. The number of pyridine rings is 1. The summed E-state index contributed by atoms with van der Waals surface area (Å²) < 4.78 is 10.6. The van der Waals surface area contributed by atoms with Gasteiger partial charge in [-0.05, 0) is 17.7 Å². The first-order valence-corrected chi connectivity index (χ1v) is 7.55. The first-order valence-electron chi connectivity index (χ1n) is 7.55. The number of benzene rings is 2. The molecule has 0 fully saturated rings. The summed E-state index contributed by atoms with van der Waals surface area (Å²) in [4.78, 5) is 16.7. The molecule has 0 bridgehead atoms. The Morgan fingerprint density at radius 3 is 2.46 bits per heavy atom. The number of carbonyl (C=O) groups excluding carboxylic acids is 1. The van der Waals surface area contributed by atoms with E-state index in [-0.39, 0.29) is 5.91 Å². The highest BCUT2D eigenvalue weighted by atomic mass is 16.5. The lowest BCUT2D eigenvalue weighted by Crippen LogP contribution is -2.22. The van der Waals surface area contributed by atoms with Crippen molar-refractivity contribution in [2.75, 3.05) is 14.2 Å². The minimum atomic E-state index is -0.164. The fourth-order valence-electron chi connectivity index (χ4n) is 2.46. The molecule has 2 aromatic carbocycles. The first kappa shape index (κ1) is 15.8. The summed E-state index contributed by atoms with van der Waals surface area (Å²) in [5.41, 5.74) is 2.30. The molecular weight excluding hydrogens is 304 g/mol. The molecule has 0 radical (unpaired) electrons. The maximum absolute atomic E-state index is 12.3. The molecule has 0 unspecified atom stereocenters. The summed E-state index contributed by atoms with van der Waals surface area (Å²) in [7, 11) is 3.16. The molecule has 24 heavy (non-hydrogen) atoms. The van der Waals surface area contributed by atoms with Crippen molar-refractivity contribution in [2.24, 2.45) is 0 Å². The molecule has 3 aromatic rings. The molecule has 122 valence electrons. The van der Waals surface area contributed by atoms with E-state index in [9.17, 15) is 4.79 Å². The number of hydrogen-bond acceptors (Lipinski definition) is 4. The molecule has 0 aliphatic heterocycles. The number of nitrogens with one attached hydrogen (secondary N) is 1. The highest BCUT2D eigenvalue weighted by Gasteiger charge is 2.11. The van der Waals surface area contributed by atoms with Gasteiger partial charge < -0.3 is 14.8 Å². The van der Waals surface area contributed by atoms with Crippen molar-refractivity contribution in [2.45, 2.75) is 6.54 Å². The van der Waals surface area contributed by atoms with Crippen LogP contribution in [-0.4, -0.2) is 25.1 Å². The Bertz CT molecular complexity index is 863. The van der Waals surface area contributed by atoms with Gasteiger partial charge in [0.2, 0.25) is 0 Å². The normalized spacial score (nSPS) is 10.4. The minimum Gasteiger partial charge on any atom is -0.493 e. The van der Waals surface area contributed by atoms with Crippen molar-refractivity contribution in [1.29, 1.82) is 0 Å². The van der Waals surface area contributed by atoms with E-state index in [0.717, 1.165) is 16.5 Å². The highest BCUT2D eigenvalue weighted by Crippen LogP contribution is 2.31. The topological polar surface area (TPSA) is 60.5 Å². The average molecular weight is 322 g/mol. The van der Waals surface area contributed by atoms with E-state index in [2.05, 4.69) is 10.3 Å². The Kier molecular flexibility index (Phi) is 4.61. The molecule has 1 N–H and O–H groups in total. The molecule has 0 aliphatic carbocycles. The van der Waals surface area contributed by atoms with Crippen LogP contribution in [0.15, 0.2) is 54.7 Å². The molecule has 5 nitrogen and oxygen atoms in total. The SMILES string of the molecule is COc1cc2cc(C(=O)NCc3ccccc3)cnc2cc1OC. The van der Waals surface area contributed by atoms with E-state index < -0.39 is 0 Å². The molecule has 0 spiro atoms. The van der Waals surface area contributed by atoms with E-state index in [1.54, 1.807) is 32.5 Å². The third-order valence-corrected chi connectivity index (χ3v) is 3.74. The van der Waals surface area contributed by atoms with Crippen LogP contribution in [0.4, 0.5) is 0 Å². The maximum atomic E-state index is 12.3. The number of aromatic nitrogens is 1. The second-order valence-electron chi connectivity index (χ2n) is 5.29. The van der Waals surface area contributed by atoms with Crippen molar-refractivity contribution in [3.8, 4) is 11.5 Å². The molecule has 0 saturated carbocycles. The second-order valence-corrected chi connectivity index (χ2v) is 5.29. The highest BCUT2D eigenvalue weighted by molar-refractivity contribution is 5.97. The Balaban J connectivity index is 1.83. The molecule has 0 atom stereocenters. The van der Waals surface area contributed by atoms with Gasteiger partial charge in [0.05, 0.1) is 25.3 Å². The zero-order valence-electron chi connectivity index (χ0n) is 13.6. The van der Waals surface area contributed by atoms with Crippen molar-refractivity contribution in [3.63, 3.8) is 0 Å². The van der Waals surface area contributed by atoms with E-state index in [4.69, 9.17) is 9.47 Å². The minimum absolute atomic E-state index is 0.164. The second kappa shape index (κ2) is 7.00. The Morgan fingerprint density at radius 1 is 1.04 bits per heavy atom. The number of amides is 1. The van der Waals surface area contributed by atoms with E-state index in [1.807, 2.05) is 36.4 Å². The summed E-state index contributed by atoms with van der Waals surface area (Å²) in [5.74, 6) is 1.05. The Labute approximate surface area is 140 Å². The fourth-order valence-corrected chi connectivity index (χ4v) is 2.46. The largest absolute Gasteiger partial charge is 0.493 e. The number of rotatable bonds is 5. The van der Waals surface area contributed by atoms with Crippen LogP contribution in [0.5, 0.6) is 11.5 Å². The molecule has 1 aromatic heterocycles. The maximum Gasteiger partial charge on any atom is 0.253 e. The number of fused-ring (bicyclic) bond motifs is 1. The lowest BCUT2D eigenvalue weighted by atomic mass is 10.1. The van der Waals surface area contributed by atoms with Gasteiger partial charge in [0.25, 0.3) is 5.91 Å². The van der Waals surface area contributed by atoms with Crippen molar-refractivity contribution < 1.29 is 14.3 Å². The van der Waals surface area contributed by atoms with E-state index >= 15 is 0 Å². The molecule has 0 aliphatic rings. The summed E-state index contributed by atoms with van der Waals surface area (Å²) >= 11 is 0. The first-order chi connectivity index (χ1) is 11.7. The number of nitrogens with zero attached hydrogens (tertiary/aromatic N) is 1. The van der Waals surface area contributed by atoms with Crippen LogP contribution in [-0.2, 0) is 6.54 Å². The standard InChI is InChI=1S/C19H18N2O3/c1-23-17-9-14-8-15(12-20-16(14)10-18(17)24-2)19(22)21-11-13-6-4-3-5-7-13/h3-10,12H,11H2,1-2H3,(H,21,22). The van der Waals surface area contributed by atoms with Crippen LogP contribution >= 0.6 is 0 Å². The number of methoxy groups -OCH3 is 2. The molecule has 1 amide bonds. The van der Waals surface area contributed by atoms with Gasteiger partial charge in [-0.2, -0.15) is 0 Å². The van der Waals surface area contributed by atoms with Crippen LogP contribution in [0.2, 0.25) is 0 Å². The Hall–Kier alpha value is -3.08. The van der Waals surface area contributed by atoms with Crippen molar-refractivity contribution in [3.05, 3.63) is 65.9 Å².